The van der Waals surface area contributed by atoms with Crippen molar-refractivity contribution in [3.05, 3.63) is 22.8 Å². The number of methoxy groups -OCH3 is 1. The van der Waals surface area contributed by atoms with E-state index in [1.807, 2.05) is 6.07 Å². The summed E-state index contributed by atoms with van der Waals surface area (Å²) in [6.45, 7) is 6.35. The first-order valence-corrected chi connectivity index (χ1v) is 6.12. The van der Waals surface area contributed by atoms with Crippen molar-refractivity contribution in [1.29, 1.82) is 0 Å². The van der Waals surface area contributed by atoms with Crippen LogP contribution in [-0.4, -0.2) is 31.3 Å². The summed E-state index contributed by atoms with van der Waals surface area (Å²) in [6, 6.07) is 2.40. The Morgan fingerprint density at radius 2 is 2.24 bits per heavy atom. The standard InChI is InChI=1S/C12H20ClN3O/c1-9(2)15-7-10-6-12(14-4-5-17-3)16-8-11(10)13/h6,8-9,15H,4-5,7H2,1-3H3,(H,14,16). The molecule has 96 valence electrons. The summed E-state index contributed by atoms with van der Waals surface area (Å²) < 4.78 is 4.97. The molecule has 5 heteroatoms. The highest BCUT2D eigenvalue weighted by molar-refractivity contribution is 6.31. The Bertz CT molecular complexity index is 345. The van der Waals surface area contributed by atoms with E-state index in [1.165, 1.54) is 0 Å². The zero-order valence-corrected chi connectivity index (χ0v) is 11.3. The molecule has 1 aromatic rings. The molecule has 0 unspecified atom stereocenters. The van der Waals surface area contributed by atoms with Crippen LogP contribution < -0.4 is 10.6 Å². The number of anilines is 1. The zero-order chi connectivity index (χ0) is 12.7. The van der Waals surface area contributed by atoms with Crippen LogP contribution in [-0.2, 0) is 11.3 Å². The molecule has 0 aromatic carbocycles. The van der Waals surface area contributed by atoms with Gasteiger partial charge in [-0.15, -0.1) is 0 Å². The second kappa shape index (κ2) is 7.48. The van der Waals surface area contributed by atoms with Gasteiger partial charge in [0.05, 0.1) is 11.6 Å². The van der Waals surface area contributed by atoms with Crippen LogP contribution >= 0.6 is 11.6 Å². The van der Waals surface area contributed by atoms with Crippen molar-refractivity contribution in [1.82, 2.24) is 10.3 Å². The van der Waals surface area contributed by atoms with E-state index in [0.717, 1.165) is 24.5 Å². The third kappa shape index (κ3) is 5.35. The fraction of sp³-hybridized carbons (Fsp3) is 0.583. The van der Waals surface area contributed by atoms with Crippen molar-refractivity contribution in [2.45, 2.75) is 26.4 Å². The summed E-state index contributed by atoms with van der Waals surface area (Å²) >= 11 is 6.09. The fourth-order valence-electron chi connectivity index (χ4n) is 1.31. The highest BCUT2D eigenvalue weighted by atomic mass is 35.5. The Hall–Kier alpha value is -0.840. The number of halogens is 1. The lowest BCUT2D eigenvalue weighted by Crippen LogP contribution is -2.22. The Labute approximate surface area is 108 Å². The van der Waals surface area contributed by atoms with Gasteiger partial charge in [0.15, 0.2) is 0 Å². The number of aromatic nitrogens is 1. The zero-order valence-electron chi connectivity index (χ0n) is 10.6. The van der Waals surface area contributed by atoms with Gasteiger partial charge in [-0.2, -0.15) is 0 Å². The summed E-state index contributed by atoms with van der Waals surface area (Å²) in [4.78, 5) is 4.21. The van der Waals surface area contributed by atoms with E-state index < -0.39 is 0 Å². The van der Waals surface area contributed by atoms with Crippen molar-refractivity contribution in [3.63, 3.8) is 0 Å². The van der Waals surface area contributed by atoms with Gasteiger partial charge in [-0.1, -0.05) is 25.4 Å². The monoisotopic (exact) mass is 257 g/mol. The predicted molar refractivity (Wildman–Crippen MR) is 71.6 cm³/mol. The largest absolute Gasteiger partial charge is 0.383 e. The minimum atomic E-state index is 0.434. The minimum Gasteiger partial charge on any atom is -0.383 e. The molecule has 0 bridgehead atoms. The first kappa shape index (κ1) is 14.2. The first-order chi connectivity index (χ1) is 8.13. The number of hydrogen-bond acceptors (Lipinski definition) is 4. The molecule has 0 saturated carbocycles. The maximum atomic E-state index is 6.09. The lowest BCUT2D eigenvalue weighted by molar-refractivity contribution is 0.210. The molecule has 0 aliphatic carbocycles. The van der Waals surface area contributed by atoms with Crippen molar-refractivity contribution < 1.29 is 4.74 Å². The van der Waals surface area contributed by atoms with E-state index in [1.54, 1.807) is 13.3 Å². The molecule has 0 fully saturated rings. The maximum absolute atomic E-state index is 6.09. The summed E-state index contributed by atoms with van der Waals surface area (Å²) in [5.41, 5.74) is 1.05. The second-order valence-electron chi connectivity index (χ2n) is 4.12. The highest BCUT2D eigenvalue weighted by Crippen LogP contribution is 2.17. The Balaban J connectivity index is 2.59. The lowest BCUT2D eigenvalue weighted by atomic mass is 10.2. The number of pyridine rings is 1. The third-order valence-electron chi connectivity index (χ3n) is 2.25. The molecule has 0 spiro atoms. The van der Waals surface area contributed by atoms with Crippen LogP contribution in [0, 0.1) is 0 Å². The fourth-order valence-corrected chi connectivity index (χ4v) is 1.48. The molecular weight excluding hydrogens is 238 g/mol. The summed E-state index contributed by atoms with van der Waals surface area (Å²) in [6.07, 6.45) is 1.67. The van der Waals surface area contributed by atoms with Gasteiger partial charge in [-0.05, 0) is 11.6 Å². The number of rotatable bonds is 7. The van der Waals surface area contributed by atoms with Gasteiger partial charge in [-0.3, -0.25) is 0 Å². The molecule has 17 heavy (non-hydrogen) atoms. The highest BCUT2D eigenvalue weighted by Gasteiger charge is 2.04. The van der Waals surface area contributed by atoms with Gasteiger partial charge in [-0.25, -0.2) is 4.98 Å². The van der Waals surface area contributed by atoms with Crippen LogP contribution in [0.15, 0.2) is 12.3 Å². The van der Waals surface area contributed by atoms with E-state index in [2.05, 4.69) is 29.5 Å². The normalized spacial score (nSPS) is 10.9. The molecule has 0 amide bonds. The molecule has 0 radical (unpaired) electrons. The van der Waals surface area contributed by atoms with Gasteiger partial charge in [0.2, 0.25) is 0 Å². The van der Waals surface area contributed by atoms with E-state index in [-0.39, 0.29) is 0 Å². The van der Waals surface area contributed by atoms with Gasteiger partial charge in [0.25, 0.3) is 0 Å². The number of nitrogens with one attached hydrogen (secondary N) is 2. The molecule has 0 saturated heterocycles. The Morgan fingerprint density at radius 3 is 2.88 bits per heavy atom. The van der Waals surface area contributed by atoms with E-state index in [4.69, 9.17) is 16.3 Å². The molecule has 1 rings (SSSR count). The topological polar surface area (TPSA) is 46.2 Å². The van der Waals surface area contributed by atoms with E-state index in [0.29, 0.717) is 17.7 Å². The summed E-state index contributed by atoms with van der Waals surface area (Å²) in [7, 11) is 1.68. The number of nitrogens with zero attached hydrogens (tertiary/aromatic N) is 1. The lowest BCUT2D eigenvalue weighted by Gasteiger charge is -2.11. The first-order valence-electron chi connectivity index (χ1n) is 5.74. The third-order valence-corrected chi connectivity index (χ3v) is 2.59. The quantitative estimate of drug-likeness (QED) is 0.736. The van der Waals surface area contributed by atoms with Crippen LogP contribution in [0.25, 0.3) is 0 Å². The smallest absolute Gasteiger partial charge is 0.126 e. The maximum Gasteiger partial charge on any atom is 0.126 e. The SMILES string of the molecule is COCCNc1cc(CNC(C)C)c(Cl)cn1. The van der Waals surface area contributed by atoms with Crippen LogP contribution in [0.1, 0.15) is 19.4 Å². The molecule has 0 atom stereocenters. The van der Waals surface area contributed by atoms with Crippen LogP contribution in [0.4, 0.5) is 5.82 Å². The van der Waals surface area contributed by atoms with Crippen molar-refractivity contribution in [3.8, 4) is 0 Å². The molecule has 2 N–H and O–H groups in total. The average Bonchev–Trinajstić information content (AvgIpc) is 2.29. The van der Waals surface area contributed by atoms with E-state index >= 15 is 0 Å². The molecule has 1 aromatic heterocycles. The number of hydrogen-bond donors (Lipinski definition) is 2. The molecule has 0 aliphatic heterocycles. The predicted octanol–water partition coefficient (Wildman–Crippen LogP) is 2.29. The van der Waals surface area contributed by atoms with Gasteiger partial charge in [0.1, 0.15) is 5.82 Å². The van der Waals surface area contributed by atoms with Crippen LogP contribution in [0.2, 0.25) is 5.02 Å². The van der Waals surface area contributed by atoms with Crippen molar-refractivity contribution in [2.24, 2.45) is 0 Å². The Morgan fingerprint density at radius 1 is 1.47 bits per heavy atom. The van der Waals surface area contributed by atoms with Gasteiger partial charge < -0.3 is 15.4 Å². The molecule has 4 nitrogen and oxygen atoms in total. The molecular formula is C12H20ClN3O. The molecule has 1 heterocycles. The number of ether oxygens (including phenoxy) is 1. The van der Waals surface area contributed by atoms with Crippen molar-refractivity contribution in [2.75, 3.05) is 25.6 Å². The van der Waals surface area contributed by atoms with E-state index in [9.17, 15) is 0 Å². The van der Waals surface area contributed by atoms with Gasteiger partial charge in [0, 0.05) is 32.4 Å². The summed E-state index contributed by atoms with van der Waals surface area (Å²) in [5, 5.41) is 7.20. The Kier molecular flexibility index (Phi) is 6.26. The molecule has 0 aliphatic rings. The van der Waals surface area contributed by atoms with Crippen molar-refractivity contribution >= 4 is 17.4 Å². The van der Waals surface area contributed by atoms with Gasteiger partial charge >= 0.3 is 0 Å². The second-order valence-corrected chi connectivity index (χ2v) is 4.52. The van der Waals surface area contributed by atoms with Crippen LogP contribution in [0.5, 0.6) is 0 Å². The van der Waals surface area contributed by atoms with Crippen LogP contribution in [0.3, 0.4) is 0 Å². The average molecular weight is 258 g/mol. The minimum absolute atomic E-state index is 0.434. The summed E-state index contributed by atoms with van der Waals surface area (Å²) in [5.74, 6) is 0.826.